The summed E-state index contributed by atoms with van der Waals surface area (Å²) in [4.78, 5) is 8.72. The highest BCUT2D eigenvalue weighted by Gasteiger charge is 2.07. The molecule has 4 heteroatoms. The van der Waals surface area contributed by atoms with Gasteiger partial charge in [-0.25, -0.2) is 4.98 Å². The van der Waals surface area contributed by atoms with E-state index in [1.165, 1.54) is 0 Å². The number of aryl methyl sites for hydroxylation is 1. The number of aromatic nitrogens is 2. The summed E-state index contributed by atoms with van der Waals surface area (Å²) in [6, 6.07) is 8.22. The highest BCUT2D eigenvalue weighted by Crippen LogP contribution is 2.24. The Morgan fingerprint density at radius 1 is 1.29 bits per heavy atom. The van der Waals surface area contributed by atoms with E-state index in [4.69, 9.17) is 4.74 Å². The van der Waals surface area contributed by atoms with Crippen LogP contribution in [0.4, 0.5) is 0 Å². The third kappa shape index (κ3) is 4.13. The number of hydrogen-bond donors (Lipinski definition) is 1. The van der Waals surface area contributed by atoms with E-state index in [1.54, 1.807) is 0 Å². The average molecular weight is 283 g/mol. The maximum Gasteiger partial charge on any atom is 0.322 e. The van der Waals surface area contributed by atoms with E-state index in [1.807, 2.05) is 56.5 Å². The maximum atomic E-state index is 5.81. The van der Waals surface area contributed by atoms with Crippen molar-refractivity contribution < 1.29 is 4.74 Å². The SMILES string of the molecule is C/C=C/c1ccccc1Oc1ncc(CNCC)c(C)n1. The summed E-state index contributed by atoms with van der Waals surface area (Å²) in [5, 5.41) is 3.27. The first-order valence-corrected chi connectivity index (χ1v) is 7.17. The Balaban J connectivity index is 2.19. The molecule has 0 atom stereocenters. The number of hydrogen-bond acceptors (Lipinski definition) is 4. The van der Waals surface area contributed by atoms with Gasteiger partial charge in [0.25, 0.3) is 0 Å². The number of ether oxygens (including phenoxy) is 1. The van der Waals surface area contributed by atoms with Crippen molar-refractivity contribution in [2.24, 2.45) is 0 Å². The summed E-state index contributed by atoms with van der Waals surface area (Å²) in [6.07, 6.45) is 5.80. The van der Waals surface area contributed by atoms with Crippen molar-refractivity contribution >= 4 is 6.08 Å². The van der Waals surface area contributed by atoms with E-state index in [0.717, 1.165) is 35.7 Å². The van der Waals surface area contributed by atoms with Crippen molar-refractivity contribution in [3.8, 4) is 11.8 Å². The number of para-hydroxylation sites is 1. The molecule has 1 heterocycles. The Morgan fingerprint density at radius 3 is 2.81 bits per heavy atom. The molecule has 0 spiro atoms. The van der Waals surface area contributed by atoms with Crippen LogP contribution in [0, 0.1) is 6.92 Å². The van der Waals surface area contributed by atoms with Crippen LogP contribution in [0.1, 0.15) is 30.7 Å². The molecule has 0 radical (unpaired) electrons. The second-order valence-electron chi connectivity index (χ2n) is 4.68. The Labute approximate surface area is 125 Å². The van der Waals surface area contributed by atoms with Gasteiger partial charge in [-0.15, -0.1) is 0 Å². The Bertz CT molecular complexity index is 623. The predicted octanol–water partition coefficient (Wildman–Crippen LogP) is 3.72. The van der Waals surface area contributed by atoms with Crippen LogP contribution in [0.25, 0.3) is 6.08 Å². The zero-order chi connectivity index (χ0) is 15.1. The Hall–Kier alpha value is -2.20. The van der Waals surface area contributed by atoms with Gasteiger partial charge in [-0.1, -0.05) is 37.3 Å². The van der Waals surface area contributed by atoms with E-state index in [0.29, 0.717) is 6.01 Å². The molecule has 2 aromatic rings. The quantitative estimate of drug-likeness (QED) is 0.877. The third-order valence-electron chi connectivity index (χ3n) is 3.09. The van der Waals surface area contributed by atoms with Crippen molar-refractivity contribution in [1.29, 1.82) is 0 Å². The molecule has 1 aromatic carbocycles. The molecule has 1 N–H and O–H groups in total. The van der Waals surface area contributed by atoms with Gasteiger partial charge in [0.1, 0.15) is 5.75 Å². The van der Waals surface area contributed by atoms with Crippen LogP contribution in [-0.2, 0) is 6.54 Å². The first-order valence-electron chi connectivity index (χ1n) is 7.17. The van der Waals surface area contributed by atoms with Crippen molar-refractivity contribution in [3.05, 3.63) is 53.4 Å². The fourth-order valence-corrected chi connectivity index (χ4v) is 1.94. The van der Waals surface area contributed by atoms with E-state index >= 15 is 0 Å². The zero-order valence-electron chi connectivity index (χ0n) is 12.8. The monoisotopic (exact) mass is 283 g/mol. The van der Waals surface area contributed by atoms with Crippen LogP contribution in [0.5, 0.6) is 11.8 Å². The lowest BCUT2D eigenvalue weighted by atomic mass is 10.2. The van der Waals surface area contributed by atoms with Gasteiger partial charge < -0.3 is 10.1 Å². The fraction of sp³-hybridized carbons (Fsp3) is 0.294. The van der Waals surface area contributed by atoms with Gasteiger partial charge in [0.15, 0.2) is 0 Å². The number of benzene rings is 1. The topological polar surface area (TPSA) is 47.0 Å². The number of nitrogens with zero attached hydrogens (tertiary/aromatic N) is 2. The summed E-state index contributed by atoms with van der Waals surface area (Å²) in [5.41, 5.74) is 3.04. The molecule has 0 saturated carbocycles. The molecule has 0 aliphatic carbocycles. The molecule has 0 amide bonds. The minimum Gasteiger partial charge on any atom is -0.424 e. The summed E-state index contributed by atoms with van der Waals surface area (Å²) < 4.78 is 5.81. The molecule has 2 rings (SSSR count). The highest BCUT2D eigenvalue weighted by molar-refractivity contribution is 5.57. The van der Waals surface area contributed by atoms with E-state index in [2.05, 4.69) is 22.2 Å². The summed E-state index contributed by atoms with van der Waals surface area (Å²) in [6.45, 7) is 7.73. The standard InChI is InChI=1S/C17H21N3O/c1-4-8-14-9-6-7-10-16(14)21-17-19-12-15(11-18-5-2)13(3)20-17/h4,6-10,12,18H,5,11H2,1-3H3/b8-4+. The summed E-state index contributed by atoms with van der Waals surface area (Å²) >= 11 is 0. The highest BCUT2D eigenvalue weighted by atomic mass is 16.5. The minimum absolute atomic E-state index is 0.379. The van der Waals surface area contributed by atoms with Gasteiger partial charge in [0.2, 0.25) is 0 Å². The molecule has 21 heavy (non-hydrogen) atoms. The van der Waals surface area contributed by atoms with Crippen LogP contribution < -0.4 is 10.1 Å². The molecule has 0 saturated heterocycles. The molecular weight excluding hydrogens is 262 g/mol. The molecule has 0 bridgehead atoms. The normalized spacial score (nSPS) is 11.0. The molecule has 0 unspecified atom stereocenters. The third-order valence-corrected chi connectivity index (χ3v) is 3.09. The first kappa shape index (κ1) is 15.2. The molecule has 0 aliphatic heterocycles. The average Bonchev–Trinajstić information content (AvgIpc) is 2.49. The van der Waals surface area contributed by atoms with Gasteiger partial charge in [-0.3, -0.25) is 0 Å². The second-order valence-corrected chi connectivity index (χ2v) is 4.68. The van der Waals surface area contributed by atoms with Crippen molar-refractivity contribution in [2.75, 3.05) is 6.54 Å². The van der Waals surface area contributed by atoms with Gasteiger partial charge in [0, 0.05) is 29.6 Å². The number of allylic oxidation sites excluding steroid dienone is 1. The molecule has 0 aliphatic rings. The fourth-order valence-electron chi connectivity index (χ4n) is 1.94. The lowest BCUT2D eigenvalue weighted by Gasteiger charge is -2.09. The van der Waals surface area contributed by atoms with Crippen LogP contribution >= 0.6 is 0 Å². The van der Waals surface area contributed by atoms with Gasteiger partial charge in [-0.05, 0) is 26.5 Å². The van der Waals surface area contributed by atoms with Crippen molar-refractivity contribution in [1.82, 2.24) is 15.3 Å². The van der Waals surface area contributed by atoms with Gasteiger partial charge in [0.05, 0.1) is 0 Å². The molecule has 1 aromatic heterocycles. The lowest BCUT2D eigenvalue weighted by molar-refractivity contribution is 0.438. The number of nitrogens with one attached hydrogen (secondary N) is 1. The molecule has 0 fully saturated rings. The molecule has 110 valence electrons. The Morgan fingerprint density at radius 2 is 2.10 bits per heavy atom. The van der Waals surface area contributed by atoms with Crippen molar-refractivity contribution in [2.45, 2.75) is 27.3 Å². The van der Waals surface area contributed by atoms with Crippen LogP contribution in [-0.4, -0.2) is 16.5 Å². The van der Waals surface area contributed by atoms with E-state index in [-0.39, 0.29) is 0 Å². The zero-order valence-corrected chi connectivity index (χ0v) is 12.8. The van der Waals surface area contributed by atoms with E-state index in [9.17, 15) is 0 Å². The van der Waals surface area contributed by atoms with Crippen LogP contribution in [0.15, 0.2) is 36.5 Å². The van der Waals surface area contributed by atoms with Crippen LogP contribution in [0.2, 0.25) is 0 Å². The second kappa shape index (κ2) is 7.55. The van der Waals surface area contributed by atoms with E-state index < -0.39 is 0 Å². The Kier molecular flexibility index (Phi) is 5.46. The first-order chi connectivity index (χ1) is 10.2. The minimum atomic E-state index is 0.379. The van der Waals surface area contributed by atoms with Gasteiger partial charge >= 0.3 is 6.01 Å². The molecule has 4 nitrogen and oxygen atoms in total. The van der Waals surface area contributed by atoms with Gasteiger partial charge in [-0.2, -0.15) is 4.98 Å². The molecular formula is C17H21N3O. The largest absolute Gasteiger partial charge is 0.424 e. The van der Waals surface area contributed by atoms with Crippen molar-refractivity contribution in [3.63, 3.8) is 0 Å². The number of rotatable bonds is 6. The summed E-state index contributed by atoms with van der Waals surface area (Å²) in [5.74, 6) is 0.759. The van der Waals surface area contributed by atoms with Crippen LogP contribution in [0.3, 0.4) is 0 Å². The maximum absolute atomic E-state index is 5.81. The lowest BCUT2D eigenvalue weighted by Crippen LogP contribution is -2.13. The predicted molar refractivity (Wildman–Crippen MR) is 85.4 cm³/mol. The summed E-state index contributed by atoms with van der Waals surface area (Å²) in [7, 11) is 0. The smallest absolute Gasteiger partial charge is 0.322 e.